The molecule has 0 heterocycles. The second-order valence-electron chi connectivity index (χ2n) is 7.98. The number of thiol groups is 1. The molecule has 3 nitrogen and oxygen atoms in total. The van der Waals surface area contributed by atoms with Gasteiger partial charge in [-0.25, -0.2) is 26.7 Å². The van der Waals surface area contributed by atoms with Gasteiger partial charge in [-0.1, -0.05) is 0 Å². The third-order valence-corrected chi connectivity index (χ3v) is 6.46. The second-order valence-corrected chi connectivity index (χ2v) is 8.49. The summed E-state index contributed by atoms with van der Waals surface area (Å²) in [6, 6.07) is 5.42. The summed E-state index contributed by atoms with van der Waals surface area (Å²) < 4.78 is 85.4. The first-order valence-corrected chi connectivity index (χ1v) is 10.5. The average molecular weight is 452 g/mol. The van der Waals surface area contributed by atoms with E-state index in [2.05, 4.69) is 12.6 Å². The number of hydrogen-bond donors (Lipinski definition) is 1. The number of benzene rings is 1. The van der Waals surface area contributed by atoms with Crippen LogP contribution in [0.5, 0.6) is 5.75 Å². The standard InChI is InChI=1S/C21H25F5O3S/c1-2-28-13-5-3-12(4-6-13)21(26)16(22)11-20(25,17(23)18(21)24)19(27)29-14-7-9-15(30)10-8-14/h7-10,12-13,16-18,30H,2-6,11H2,1H3. The first-order chi connectivity index (χ1) is 14.1. The first kappa shape index (κ1) is 23.3. The number of alkyl halides is 5. The van der Waals surface area contributed by atoms with Crippen molar-refractivity contribution >= 4 is 18.6 Å². The second kappa shape index (κ2) is 9.02. The highest BCUT2D eigenvalue weighted by molar-refractivity contribution is 7.80. The molecular weight excluding hydrogens is 427 g/mol. The van der Waals surface area contributed by atoms with E-state index in [1.165, 1.54) is 24.3 Å². The molecule has 0 amide bonds. The monoisotopic (exact) mass is 452 g/mol. The molecule has 30 heavy (non-hydrogen) atoms. The van der Waals surface area contributed by atoms with Crippen LogP contribution in [0.4, 0.5) is 22.0 Å². The molecule has 3 rings (SSSR count). The Balaban J connectivity index is 1.74. The molecule has 2 fully saturated rings. The van der Waals surface area contributed by atoms with Crippen molar-refractivity contribution in [3.63, 3.8) is 0 Å². The maximum absolute atomic E-state index is 15.5. The Kier molecular flexibility index (Phi) is 7.01. The topological polar surface area (TPSA) is 35.5 Å². The number of carbonyl (C=O) groups is 1. The fourth-order valence-corrected chi connectivity index (χ4v) is 4.60. The summed E-state index contributed by atoms with van der Waals surface area (Å²) in [6.45, 7) is 2.27. The molecule has 0 aromatic heterocycles. The third-order valence-electron chi connectivity index (χ3n) is 6.16. The lowest BCUT2D eigenvalue weighted by Gasteiger charge is -2.48. The predicted octanol–water partition coefficient (Wildman–Crippen LogP) is 5.31. The quantitative estimate of drug-likeness (QED) is 0.285. The van der Waals surface area contributed by atoms with E-state index in [0.717, 1.165) is 0 Å². The van der Waals surface area contributed by atoms with E-state index in [4.69, 9.17) is 9.47 Å². The lowest BCUT2D eigenvalue weighted by atomic mass is 9.65. The van der Waals surface area contributed by atoms with E-state index in [1.807, 2.05) is 0 Å². The Morgan fingerprint density at radius 1 is 1.07 bits per heavy atom. The van der Waals surface area contributed by atoms with Crippen LogP contribution in [-0.4, -0.2) is 48.5 Å². The molecule has 5 unspecified atom stereocenters. The van der Waals surface area contributed by atoms with Gasteiger partial charge < -0.3 is 9.47 Å². The Hall–Kier alpha value is -1.35. The molecule has 0 radical (unpaired) electrons. The van der Waals surface area contributed by atoms with E-state index in [-0.39, 0.29) is 24.7 Å². The highest BCUT2D eigenvalue weighted by Gasteiger charge is 2.70. The van der Waals surface area contributed by atoms with E-state index >= 15 is 8.78 Å². The van der Waals surface area contributed by atoms with Crippen molar-refractivity contribution in [3.05, 3.63) is 24.3 Å². The van der Waals surface area contributed by atoms with Crippen LogP contribution in [0.1, 0.15) is 39.0 Å². The minimum Gasteiger partial charge on any atom is -0.424 e. The fourth-order valence-electron chi connectivity index (χ4n) is 4.45. The number of esters is 1. The van der Waals surface area contributed by atoms with Crippen LogP contribution in [0.3, 0.4) is 0 Å². The Morgan fingerprint density at radius 3 is 2.23 bits per heavy atom. The van der Waals surface area contributed by atoms with Crippen LogP contribution in [0.25, 0.3) is 0 Å². The first-order valence-electron chi connectivity index (χ1n) is 10.1. The molecule has 1 aromatic rings. The van der Waals surface area contributed by atoms with Gasteiger partial charge in [0, 0.05) is 17.9 Å². The fraction of sp³-hybridized carbons (Fsp3) is 0.667. The minimum absolute atomic E-state index is 0.0918. The van der Waals surface area contributed by atoms with Gasteiger partial charge in [0.2, 0.25) is 5.67 Å². The summed E-state index contributed by atoms with van der Waals surface area (Å²) in [4.78, 5) is 12.8. The highest BCUT2D eigenvalue weighted by Crippen LogP contribution is 2.52. The Morgan fingerprint density at radius 2 is 1.67 bits per heavy atom. The van der Waals surface area contributed by atoms with Crippen LogP contribution in [0, 0.1) is 5.92 Å². The van der Waals surface area contributed by atoms with Gasteiger partial charge in [0.25, 0.3) is 0 Å². The zero-order valence-corrected chi connectivity index (χ0v) is 17.4. The zero-order chi connectivity index (χ0) is 22.1. The Bertz CT molecular complexity index is 743. The van der Waals surface area contributed by atoms with E-state index in [1.54, 1.807) is 6.92 Å². The molecule has 9 heteroatoms. The predicted molar refractivity (Wildman–Crippen MR) is 104 cm³/mol. The molecule has 0 spiro atoms. The van der Waals surface area contributed by atoms with Crippen molar-refractivity contribution in [2.45, 2.75) is 79.9 Å². The number of rotatable bonds is 5. The molecule has 1 aromatic carbocycles. The Labute approximate surface area is 177 Å². The van der Waals surface area contributed by atoms with Crippen LogP contribution < -0.4 is 4.74 Å². The lowest BCUT2D eigenvalue weighted by molar-refractivity contribution is -0.196. The third kappa shape index (κ3) is 4.20. The van der Waals surface area contributed by atoms with E-state index in [0.29, 0.717) is 24.3 Å². The molecule has 5 atom stereocenters. The summed E-state index contributed by atoms with van der Waals surface area (Å²) in [7, 11) is 0. The van der Waals surface area contributed by atoms with Gasteiger partial charge in [0.15, 0.2) is 18.0 Å². The molecule has 2 aliphatic carbocycles. The van der Waals surface area contributed by atoms with E-state index in [9.17, 15) is 18.0 Å². The van der Waals surface area contributed by atoms with Crippen molar-refractivity contribution in [2.75, 3.05) is 6.61 Å². The van der Waals surface area contributed by atoms with Gasteiger partial charge in [-0.15, -0.1) is 12.6 Å². The number of hydrogen-bond acceptors (Lipinski definition) is 4. The molecule has 0 saturated heterocycles. The molecule has 2 saturated carbocycles. The SMILES string of the molecule is CCOC1CCC(C2(F)C(F)CC(F)(C(=O)Oc3ccc(S)cc3)C(F)C2F)CC1. The molecule has 0 N–H and O–H groups in total. The van der Waals surface area contributed by atoms with Gasteiger partial charge >= 0.3 is 5.97 Å². The summed E-state index contributed by atoms with van der Waals surface area (Å²) in [5.74, 6) is -3.05. The average Bonchev–Trinajstić information content (AvgIpc) is 2.73. The number of ether oxygens (including phenoxy) is 2. The van der Waals surface area contributed by atoms with Crippen molar-refractivity contribution in [1.29, 1.82) is 0 Å². The van der Waals surface area contributed by atoms with Crippen molar-refractivity contribution < 1.29 is 36.2 Å². The van der Waals surface area contributed by atoms with Gasteiger partial charge in [0.05, 0.1) is 6.10 Å². The van der Waals surface area contributed by atoms with Crippen molar-refractivity contribution in [3.8, 4) is 5.75 Å². The van der Waals surface area contributed by atoms with Gasteiger partial charge in [0.1, 0.15) is 11.9 Å². The molecule has 0 aliphatic heterocycles. The molecule has 2 aliphatic rings. The highest BCUT2D eigenvalue weighted by atomic mass is 32.1. The van der Waals surface area contributed by atoms with Crippen molar-refractivity contribution in [2.24, 2.45) is 5.92 Å². The molecule has 0 bridgehead atoms. The largest absolute Gasteiger partial charge is 0.424 e. The lowest BCUT2D eigenvalue weighted by Crippen LogP contribution is -2.67. The maximum atomic E-state index is 15.5. The van der Waals surface area contributed by atoms with Gasteiger partial charge in [-0.3, -0.25) is 0 Å². The van der Waals surface area contributed by atoms with Crippen LogP contribution in [0.2, 0.25) is 0 Å². The molecule has 168 valence electrons. The van der Waals surface area contributed by atoms with Gasteiger partial charge in [-0.2, -0.15) is 0 Å². The normalized spacial score (nSPS) is 39.5. The minimum atomic E-state index is -3.63. The summed E-state index contributed by atoms with van der Waals surface area (Å²) in [5.41, 5.74) is -6.84. The van der Waals surface area contributed by atoms with Crippen molar-refractivity contribution in [1.82, 2.24) is 0 Å². The van der Waals surface area contributed by atoms with Crippen LogP contribution in [0.15, 0.2) is 29.2 Å². The summed E-state index contributed by atoms with van der Waals surface area (Å²) >= 11 is 4.04. The zero-order valence-electron chi connectivity index (χ0n) is 16.5. The summed E-state index contributed by atoms with van der Waals surface area (Å²) in [5, 5.41) is 0. The number of carbonyl (C=O) groups excluding carboxylic acids is 1. The number of halogens is 5. The summed E-state index contributed by atoms with van der Waals surface area (Å²) in [6.07, 6.45) is -9.65. The smallest absolute Gasteiger partial charge is 0.352 e. The van der Waals surface area contributed by atoms with E-state index < -0.39 is 48.2 Å². The van der Waals surface area contributed by atoms with Crippen LogP contribution in [-0.2, 0) is 9.53 Å². The van der Waals surface area contributed by atoms with Gasteiger partial charge in [-0.05, 0) is 62.8 Å². The van der Waals surface area contributed by atoms with Crippen LogP contribution >= 0.6 is 12.6 Å². The molecular formula is C21H25F5O3S. The maximum Gasteiger partial charge on any atom is 0.352 e.